The summed E-state index contributed by atoms with van der Waals surface area (Å²) in [5.74, 6) is 0.00231. The lowest BCUT2D eigenvalue weighted by Gasteiger charge is -2.35. The van der Waals surface area contributed by atoms with E-state index in [2.05, 4.69) is 58.8 Å². The molecule has 1 N–H and O–H groups in total. The van der Waals surface area contributed by atoms with E-state index in [-0.39, 0.29) is 35.5 Å². The van der Waals surface area contributed by atoms with Gasteiger partial charge in [-0.25, -0.2) is 18.7 Å². The molecule has 0 spiro atoms. The summed E-state index contributed by atoms with van der Waals surface area (Å²) in [6, 6.07) is 17.6. The van der Waals surface area contributed by atoms with Gasteiger partial charge in [-0.05, 0) is 124 Å². The zero-order valence-electron chi connectivity index (χ0n) is 36.0. The highest BCUT2D eigenvalue weighted by Gasteiger charge is 2.59. The van der Waals surface area contributed by atoms with E-state index in [1.54, 1.807) is 68.0 Å². The number of hydrogen-bond donors (Lipinski definition) is 1. The minimum absolute atomic E-state index is 0.0339. The van der Waals surface area contributed by atoms with E-state index < -0.39 is 11.3 Å². The number of ether oxygens (including phenoxy) is 1. The van der Waals surface area contributed by atoms with E-state index in [0.29, 0.717) is 77.3 Å². The van der Waals surface area contributed by atoms with Crippen LogP contribution in [0.4, 0.5) is 4.39 Å². The second-order valence-corrected chi connectivity index (χ2v) is 18.3. The molecule has 1 aliphatic carbocycles. The molecule has 3 aromatic carbocycles. The molecule has 8 aromatic rings. The summed E-state index contributed by atoms with van der Waals surface area (Å²) in [6.45, 7) is 10.9. The molecule has 1 unspecified atom stereocenters. The number of H-pyrrole nitrogens is 1. The van der Waals surface area contributed by atoms with Crippen molar-refractivity contribution in [3.8, 4) is 17.2 Å². The fourth-order valence-electron chi connectivity index (χ4n) is 10.4. The highest BCUT2D eigenvalue weighted by Crippen LogP contribution is 2.56. The molecule has 11 rings (SSSR count). The Morgan fingerprint density at radius 1 is 0.937 bits per heavy atom. The number of nitrogens with zero attached hydrogens (tertiary/aromatic N) is 9. The molecule has 5 aromatic heterocycles. The minimum atomic E-state index is -0.814. The molecule has 16 heteroatoms. The van der Waals surface area contributed by atoms with Crippen LogP contribution in [0.2, 0.25) is 0 Å². The Balaban J connectivity index is 1.03. The van der Waals surface area contributed by atoms with Crippen LogP contribution in [0.25, 0.3) is 39.0 Å². The molecule has 3 aliphatic rings. The molecular formula is C47H47FN10O5. The molecule has 7 heterocycles. The first-order valence-corrected chi connectivity index (χ1v) is 21.5. The largest absolute Gasteiger partial charge is 0.438 e. The average Bonchev–Trinajstić information content (AvgIpc) is 3.88. The van der Waals surface area contributed by atoms with Crippen molar-refractivity contribution in [3.63, 3.8) is 0 Å². The van der Waals surface area contributed by atoms with Gasteiger partial charge in [0.1, 0.15) is 22.9 Å². The van der Waals surface area contributed by atoms with Crippen molar-refractivity contribution in [2.75, 3.05) is 13.2 Å². The average molecular weight is 851 g/mol. The number of aryl methyl sites for hydroxylation is 3. The van der Waals surface area contributed by atoms with Gasteiger partial charge in [-0.15, -0.1) is 0 Å². The predicted octanol–water partition coefficient (Wildman–Crippen LogP) is 6.74. The summed E-state index contributed by atoms with van der Waals surface area (Å²) in [7, 11) is 1.87. The van der Waals surface area contributed by atoms with E-state index in [1.165, 1.54) is 5.56 Å². The predicted molar refractivity (Wildman–Crippen MR) is 233 cm³/mol. The smallest absolute Gasteiger partial charge is 0.376 e. The summed E-state index contributed by atoms with van der Waals surface area (Å²) >= 11 is 0. The van der Waals surface area contributed by atoms with Gasteiger partial charge in [0.2, 0.25) is 0 Å². The number of carbonyl (C=O) groups is 1. The third-order valence-corrected chi connectivity index (χ3v) is 13.7. The second-order valence-electron chi connectivity index (χ2n) is 18.3. The van der Waals surface area contributed by atoms with E-state index in [0.717, 1.165) is 40.3 Å². The lowest BCUT2D eigenvalue weighted by atomic mass is 9.83. The topological polar surface area (TPSA) is 156 Å². The van der Waals surface area contributed by atoms with Crippen LogP contribution in [0.5, 0.6) is 0 Å². The summed E-state index contributed by atoms with van der Waals surface area (Å²) in [5, 5.41) is 15.4. The van der Waals surface area contributed by atoms with Crippen LogP contribution in [0.1, 0.15) is 90.2 Å². The van der Waals surface area contributed by atoms with Gasteiger partial charge in [-0.1, -0.05) is 18.1 Å². The number of halogens is 1. The number of carbonyl (C=O) groups excluding carboxylic acids is 1. The number of nitrogens with one attached hydrogen (secondary N) is 1. The molecule has 322 valence electrons. The van der Waals surface area contributed by atoms with Crippen LogP contribution >= 0.6 is 0 Å². The van der Waals surface area contributed by atoms with Crippen molar-refractivity contribution in [2.45, 2.75) is 83.9 Å². The Labute approximate surface area is 360 Å². The summed E-state index contributed by atoms with van der Waals surface area (Å²) < 4.78 is 34.8. The zero-order chi connectivity index (χ0) is 43.7. The maximum atomic E-state index is 15.3. The minimum Gasteiger partial charge on any atom is -0.376 e. The number of benzene rings is 3. The quantitative estimate of drug-likeness (QED) is 0.185. The van der Waals surface area contributed by atoms with Crippen molar-refractivity contribution < 1.29 is 18.4 Å². The molecule has 1 saturated carbocycles. The maximum absolute atomic E-state index is 15.3. The Bertz CT molecular complexity index is 3280. The summed E-state index contributed by atoms with van der Waals surface area (Å²) in [5.41, 5.74) is 5.64. The number of imidazole rings is 1. The first-order valence-electron chi connectivity index (χ1n) is 21.5. The van der Waals surface area contributed by atoms with E-state index in [4.69, 9.17) is 14.4 Å². The van der Waals surface area contributed by atoms with Gasteiger partial charge in [-0.3, -0.25) is 28.1 Å². The molecule has 0 radical (unpaired) electrons. The first-order chi connectivity index (χ1) is 30.2. The van der Waals surface area contributed by atoms with Crippen molar-refractivity contribution in [3.05, 3.63) is 140 Å². The van der Waals surface area contributed by atoms with Crippen LogP contribution in [-0.4, -0.2) is 73.0 Å². The van der Waals surface area contributed by atoms with E-state index >= 15 is 9.18 Å². The van der Waals surface area contributed by atoms with Crippen LogP contribution in [0.15, 0.2) is 87.3 Å². The molecular weight excluding hydrogens is 804 g/mol. The molecule has 1 saturated heterocycles. The number of aromatic amines is 1. The summed E-state index contributed by atoms with van der Waals surface area (Å²) in [4.78, 5) is 46.9. The SMILES string of the molecule is Cc1cc(-n2nc3c(c2-n2ccn(-c4ccc5c(cnn5C)c4)c2=O)CN(C(=O)c2cc4cc(C5CCOC(C)(C)C5)ccc4n2[C@@]2(c4noc(=O)[nH]4)C[C@@H]2C)CC3)cc(C)c1F. The third kappa shape index (κ3) is 6.08. The van der Waals surface area contributed by atoms with Gasteiger partial charge in [-0.2, -0.15) is 10.2 Å². The molecule has 2 fully saturated rings. The van der Waals surface area contributed by atoms with Crippen LogP contribution in [-0.2, 0) is 30.3 Å². The number of aromatic nitrogens is 9. The van der Waals surface area contributed by atoms with Crippen molar-refractivity contribution in [1.29, 1.82) is 0 Å². The Hall–Kier alpha value is -6.81. The van der Waals surface area contributed by atoms with Crippen LogP contribution < -0.4 is 11.4 Å². The molecule has 3 atom stereocenters. The number of amides is 1. The monoisotopic (exact) mass is 850 g/mol. The van der Waals surface area contributed by atoms with Crippen LogP contribution in [0.3, 0.4) is 0 Å². The molecule has 0 bridgehead atoms. The first kappa shape index (κ1) is 39.1. The standard InChI is InChI=1S/C47H47FN10O5/c1-26-17-34(18-27(2)40(26)48)58-41(56-15-14-55(45(56)61)33-8-10-37-32(20-33)24-49-53(37)6)35-25-54(13-11-36(35)51-58)42(59)39-21-31-19-29(30-12-16-62-46(4,5)23-30)7-9-38(31)57(39)47(22-28(47)3)43-50-44(60)63-52-43/h7-10,14-15,17-21,24,28,30H,11-13,16,22-23,25H2,1-6H3,(H,50,52,60)/t28-,30?,47-/m0/s1. The van der Waals surface area contributed by atoms with Gasteiger partial charge in [0.05, 0.1) is 40.9 Å². The normalized spacial score (nSPS) is 20.8. The Kier molecular flexibility index (Phi) is 8.59. The molecule has 2 aliphatic heterocycles. The van der Waals surface area contributed by atoms with Crippen molar-refractivity contribution >= 4 is 27.7 Å². The summed E-state index contributed by atoms with van der Waals surface area (Å²) in [6.07, 6.45) is 8.02. The van der Waals surface area contributed by atoms with E-state index in [1.807, 2.05) is 31.3 Å². The molecule has 1 amide bonds. The Morgan fingerprint density at radius 2 is 1.70 bits per heavy atom. The van der Waals surface area contributed by atoms with Crippen molar-refractivity contribution in [1.82, 2.24) is 48.3 Å². The number of fused-ring (bicyclic) bond motifs is 3. The van der Waals surface area contributed by atoms with Gasteiger partial charge in [0.15, 0.2) is 5.82 Å². The lowest BCUT2D eigenvalue weighted by Crippen LogP contribution is -2.39. The Morgan fingerprint density at radius 3 is 2.43 bits per heavy atom. The number of hydrogen-bond acceptors (Lipinski definition) is 8. The van der Waals surface area contributed by atoms with E-state index in [9.17, 15) is 9.59 Å². The number of rotatable bonds is 7. The van der Waals surface area contributed by atoms with Gasteiger partial charge in [0.25, 0.3) is 5.91 Å². The van der Waals surface area contributed by atoms with Crippen LogP contribution in [0, 0.1) is 25.6 Å². The second kappa shape index (κ2) is 13.8. The lowest BCUT2D eigenvalue weighted by molar-refractivity contribution is -0.0592. The zero-order valence-corrected chi connectivity index (χ0v) is 36.0. The van der Waals surface area contributed by atoms with Gasteiger partial charge >= 0.3 is 11.4 Å². The fourth-order valence-corrected chi connectivity index (χ4v) is 10.4. The van der Waals surface area contributed by atoms with Crippen molar-refractivity contribution in [2.24, 2.45) is 13.0 Å². The highest BCUT2D eigenvalue weighted by molar-refractivity contribution is 5.99. The third-order valence-electron chi connectivity index (χ3n) is 13.7. The maximum Gasteiger partial charge on any atom is 0.438 e. The molecule has 63 heavy (non-hydrogen) atoms. The van der Waals surface area contributed by atoms with Gasteiger partial charge < -0.3 is 14.2 Å². The fraction of sp³-hybridized carbons (Fsp3) is 0.362. The van der Waals surface area contributed by atoms with Gasteiger partial charge in [0, 0.05) is 60.9 Å². The molecule has 15 nitrogen and oxygen atoms in total. The highest BCUT2D eigenvalue weighted by atomic mass is 19.1.